The highest BCUT2D eigenvalue weighted by Crippen LogP contribution is 2.31. The fraction of sp³-hybridized carbons (Fsp3) is 0.231. The van der Waals surface area contributed by atoms with E-state index >= 15 is 0 Å². The number of hydrogen-bond donors (Lipinski definition) is 2. The zero-order valence-electron chi connectivity index (χ0n) is 11.8. The number of nitrogens with one attached hydrogen (secondary N) is 2. The van der Waals surface area contributed by atoms with Crippen LogP contribution in [0, 0.1) is 0 Å². The van der Waals surface area contributed by atoms with Crippen LogP contribution in [0.3, 0.4) is 0 Å². The molecule has 0 radical (unpaired) electrons. The van der Waals surface area contributed by atoms with Crippen LogP contribution in [0.15, 0.2) is 52.7 Å². The largest absolute Gasteiger partial charge is 0.276 e. The van der Waals surface area contributed by atoms with Crippen molar-refractivity contribution in [1.82, 2.24) is 9.44 Å². The first-order valence-electron chi connectivity index (χ1n) is 6.37. The van der Waals surface area contributed by atoms with E-state index in [1.807, 2.05) is 0 Å². The first-order chi connectivity index (χ1) is 10.4. The maximum atomic E-state index is 12.8. The van der Waals surface area contributed by atoms with E-state index in [0.717, 1.165) is 0 Å². The molecule has 2 N–H and O–H groups in total. The summed E-state index contributed by atoms with van der Waals surface area (Å²) < 4.78 is 53.0. The summed E-state index contributed by atoms with van der Waals surface area (Å²) >= 11 is 1.28. The second kappa shape index (κ2) is 6.88. The fourth-order valence-corrected chi connectivity index (χ4v) is 5.31. The summed E-state index contributed by atoms with van der Waals surface area (Å²) in [6, 6.07) is 11.4. The van der Waals surface area contributed by atoms with Crippen LogP contribution < -0.4 is 9.44 Å². The molecule has 1 heterocycles. The summed E-state index contributed by atoms with van der Waals surface area (Å²) in [7, 11) is -6.15. The van der Waals surface area contributed by atoms with E-state index in [0.29, 0.717) is 4.88 Å². The Hall–Kier alpha value is -1.26. The summed E-state index contributed by atoms with van der Waals surface area (Å²) in [5, 5.41) is 0.785. The fourth-order valence-electron chi connectivity index (χ4n) is 1.87. The molecule has 0 bridgehead atoms. The van der Waals surface area contributed by atoms with E-state index in [1.54, 1.807) is 35.7 Å². The van der Waals surface area contributed by atoms with Crippen molar-refractivity contribution in [1.29, 1.82) is 0 Å². The van der Waals surface area contributed by atoms with Crippen molar-refractivity contribution in [2.75, 3.05) is 13.6 Å². The molecular weight excluding hydrogens is 344 g/mol. The molecule has 0 aliphatic rings. The molecule has 1 atom stereocenters. The van der Waals surface area contributed by atoms with Crippen molar-refractivity contribution >= 4 is 31.4 Å². The van der Waals surface area contributed by atoms with Gasteiger partial charge in [-0.25, -0.2) is 17.9 Å². The van der Waals surface area contributed by atoms with Gasteiger partial charge in [-0.05, 0) is 23.6 Å². The Labute approximate surface area is 134 Å². The Bertz CT molecular complexity index is 800. The molecule has 0 aliphatic heterocycles. The van der Waals surface area contributed by atoms with Crippen LogP contribution in [-0.2, 0) is 20.0 Å². The van der Waals surface area contributed by atoms with Gasteiger partial charge in [0.25, 0.3) is 10.2 Å². The highest BCUT2D eigenvalue weighted by Gasteiger charge is 2.30. The SMILES string of the molecule is CNS(=O)(=O)NCC(c1cccs1)S(=O)(=O)c1ccccc1. The molecule has 0 saturated carbocycles. The van der Waals surface area contributed by atoms with Crippen LogP contribution in [0.25, 0.3) is 0 Å². The molecule has 1 aromatic carbocycles. The van der Waals surface area contributed by atoms with E-state index in [-0.39, 0.29) is 11.4 Å². The number of rotatable bonds is 7. The smallest absolute Gasteiger partial charge is 0.223 e. The minimum Gasteiger partial charge on any atom is -0.223 e. The molecule has 1 unspecified atom stereocenters. The van der Waals surface area contributed by atoms with E-state index in [2.05, 4.69) is 9.44 Å². The number of benzene rings is 1. The van der Waals surface area contributed by atoms with Crippen molar-refractivity contribution in [2.45, 2.75) is 10.1 Å². The second-order valence-electron chi connectivity index (χ2n) is 4.42. The molecule has 6 nitrogen and oxygen atoms in total. The van der Waals surface area contributed by atoms with Crippen molar-refractivity contribution < 1.29 is 16.8 Å². The van der Waals surface area contributed by atoms with Gasteiger partial charge >= 0.3 is 0 Å². The molecule has 120 valence electrons. The van der Waals surface area contributed by atoms with Gasteiger partial charge in [0.1, 0.15) is 5.25 Å². The average Bonchev–Trinajstić information content (AvgIpc) is 3.02. The Kier molecular flexibility index (Phi) is 5.35. The van der Waals surface area contributed by atoms with Crippen molar-refractivity contribution in [3.63, 3.8) is 0 Å². The van der Waals surface area contributed by atoms with Gasteiger partial charge in [-0.15, -0.1) is 11.3 Å². The Morgan fingerprint density at radius 1 is 1.05 bits per heavy atom. The third kappa shape index (κ3) is 3.93. The number of hydrogen-bond acceptors (Lipinski definition) is 5. The van der Waals surface area contributed by atoms with E-state index < -0.39 is 25.3 Å². The molecule has 0 fully saturated rings. The van der Waals surface area contributed by atoms with E-state index in [4.69, 9.17) is 0 Å². The lowest BCUT2D eigenvalue weighted by molar-refractivity contribution is 0.564. The van der Waals surface area contributed by atoms with Crippen molar-refractivity contribution in [3.05, 3.63) is 52.7 Å². The monoisotopic (exact) mass is 360 g/mol. The van der Waals surface area contributed by atoms with Crippen LogP contribution >= 0.6 is 11.3 Å². The molecule has 2 rings (SSSR count). The lowest BCUT2D eigenvalue weighted by Crippen LogP contribution is -2.38. The van der Waals surface area contributed by atoms with Crippen LogP contribution in [0.5, 0.6) is 0 Å². The molecule has 0 spiro atoms. The Morgan fingerprint density at radius 3 is 2.27 bits per heavy atom. The molecule has 22 heavy (non-hydrogen) atoms. The summed E-state index contributed by atoms with van der Waals surface area (Å²) in [6.45, 7) is -0.235. The van der Waals surface area contributed by atoms with Crippen LogP contribution in [0.2, 0.25) is 0 Å². The Balaban J connectivity index is 2.38. The molecule has 2 aromatic rings. The van der Waals surface area contributed by atoms with Gasteiger partial charge < -0.3 is 0 Å². The molecule has 0 aliphatic carbocycles. The molecule has 1 aromatic heterocycles. The average molecular weight is 360 g/mol. The van der Waals surface area contributed by atoms with Crippen molar-refractivity contribution in [2.24, 2.45) is 0 Å². The van der Waals surface area contributed by atoms with Gasteiger partial charge in [0.15, 0.2) is 9.84 Å². The second-order valence-corrected chi connectivity index (χ2v) is 9.23. The summed E-state index contributed by atoms with van der Waals surface area (Å²) in [5.74, 6) is 0. The van der Waals surface area contributed by atoms with E-state index in [9.17, 15) is 16.8 Å². The summed E-state index contributed by atoms with van der Waals surface area (Å²) in [4.78, 5) is 0.750. The van der Waals surface area contributed by atoms with Gasteiger partial charge in [-0.2, -0.15) is 8.42 Å². The normalized spacial score (nSPS) is 13.9. The molecular formula is C13H16N2O4S3. The first kappa shape index (κ1) is 17.1. The quantitative estimate of drug-likeness (QED) is 0.779. The first-order valence-corrected chi connectivity index (χ1v) is 10.3. The van der Waals surface area contributed by atoms with Crippen LogP contribution in [-0.4, -0.2) is 30.4 Å². The van der Waals surface area contributed by atoms with Gasteiger partial charge in [-0.1, -0.05) is 24.3 Å². The number of sulfone groups is 1. The van der Waals surface area contributed by atoms with Crippen LogP contribution in [0.4, 0.5) is 0 Å². The van der Waals surface area contributed by atoms with Gasteiger partial charge in [0.05, 0.1) is 4.90 Å². The summed E-state index contributed by atoms with van der Waals surface area (Å²) in [5.41, 5.74) is 0. The number of thiophene rings is 1. The standard InChI is InChI=1S/C13H16N2O4S3/c1-14-22(18,19)15-10-13(12-8-5-9-20-12)21(16,17)11-6-3-2-4-7-11/h2-9,13-15H,10H2,1H3. The Morgan fingerprint density at radius 2 is 1.73 bits per heavy atom. The van der Waals surface area contributed by atoms with Gasteiger partial charge in [0.2, 0.25) is 0 Å². The third-order valence-corrected chi connectivity index (χ3v) is 7.35. The predicted octanol–water partition coefficient (Wildman–Crippen LogP) is 1.32. The maximum absolute atomic E-state index is 12.8. The zero-order chi connectivity index (χ0) is 16.2. The highest BCUT2D eigenvalue weighted by molar-refractivity contribution is 7.92. The topological polar surface area (TPSA) is 92.3 Å². The van der Waals surface area contributed by atoms with Gasteiger partial charge in [-0.3, -0.25) is 0 Å². The minimum atomic E-state index is -3.71. The maximum Gasteiger partial charge on any atom is 0.276 e. The zero-order valence-corrected chi connectivity index (χ0v) is 14.2. The van der Waals surface area contributed by atoms with E-state index in [1.165, 1.54) is 30.5 Å². The minimum absolute atomic E-state index is 0.164. The highest BCUT2D eigenvalue weighted by atomic mass is 32.2. The molecule has 0 saturated heterocycles. The van der Waals surface area contributed by atoms with Gasteiger partial charge in [0, 0.05) is 18.5 Å². The van der Waals surface area contributed by atoms with Crippen LogP contribution in [0.1, 0.15) is 10.1 Å². The third-order valence-electron chi connectivity index (χ3n) is 3.03. The van der Waals surface area contributed by atoms with Crippen molar-refractivity contribution in [3.8, 4) is 0 Å². The lowest BCUT2D eigenvalue weighted by atomic mass is 10.3. The summed E-state index contributed by atoms with van der Waals surface area (Å²) in [6.07, 6.45) is 0. The lowest BCUT2D eigenvalue weighted by Gasteiger charge is -2.17. The predicted molar refractivity (Wildman–Crippen MR) is 86.7 cm³/mol. The molecule has 9 heteroatoms. The molecule has 0 amide bonds.